The van der Waals surface area contributed by atoms with Crippen LogP contribution in [0, 0.1) is 20.2 Å². The van der Waals surface area contributed by atoms with Crippen LogP contribution in [0.25, 0.3) is 11.1 Å². The van der Waals surface area contributed by atoms with Crippen LogP contribution in [-0.2, 0) is 0 Å². The molecule has 0 amide bonds. The highest BCUT2D eigenvalue weighted by Gasteiger charge is 2.22. The number of benzene rings is 2. The average Bonchev–Trinajstić information content (AvgIpc) is 2.38. The summed E-state index contributed by atoms with van der Waals surface area (Å²) in [7, 11) is 0. The Balaban J connectivity index is 2.72. The van der Waals surface area contributed by atoms with Gasteiger partial charge in [-0.25, -0.2) is 0 Å². The van der Waals surface area contributed by atoms with Crippen molar-refractivity contribution in [2.24, 2.45) is 0 Å². The Morgan fingerprint density at radius 3 is 2.05 bits per heavy atom. The highest BCUT2D eigenvalue weighted by molar-refractivity contribution is 5.81. The number of hydrogen-bond donors (Lipinski definition) is 1. The summed E-state index contributed by atoms with van der Waals surface area (Å²) >= 11 is 0. The van der Waals surface area contributed by atoms with Crippen molar-refractivity contribution >= 4 is 11.4 Å². The molecule has 2 aromatic carbocycles. The summed E-state index contributed by atoms with van der Waals surface area (Å²) in [4.78, 5) is 20.6. The van der Waals surface area contributed by atoms with Crippen molar-refractivity contribution in [1.82, 2.24) is 0 Å². The second-order valence-corrected chi connectivity index (χ2v) is 3.73. The van der Waals surface area contributed by atoms with Crippen molar-refractivity contribution in [1.29, 1.82) is 0 Å². The molecule has 7 nitrogen and oxygen atoms in total. The van der Waals surface area contributed by atoms with Gasteiger partial charge in [0.1, 0.15) is 5.75 Å². The van der Waals surface area contributed by atoms with E-state index in [0.29, 0.717) is 0 Å². The first kappa shape index (κ1) is 12.5. The SMILES string of the molecule is O=[N+]([O-])c1ccccc1-c1ccc(O)cc1[N+](=O)[O-]. The Hall–Kier alpha value is -2.96. The van der Waals surface area contributed by atoms with Crippen molar-refractivity contribution in [3.8, 4) is 16.9 Å². The lowest BCUT2D eigenvalue weighted by molar-refractivity contribution is -0.386. The van der Waals surface area contributed by atoms with Crippen LogP contribution < -0.4 is 0 Å². The lowest BCUT2D eigenvalue weighted by Crippen LogP contribution is -1.95. The Morgan fingerprint density at radius 2 is 1.42 bits per heavy atom. The molecule has 0 aromatic heterocycles. The molecular formula is C12H8N2O5. The van der Waals surface area contributed by atoms with Gasteiger partial charge in [0.2, 0.25) is 0 Å². The number of nitro groups is 2. The predicted molar refractivity (Wildman–Crippen MR) is 66.9 cm³/mol. The summed E-state index contributed by atoms with van der Waals surface area (Å²) in [6, 6.07) is 9.23. The molecule has 1 N–H and O–H groups in total. The molecule has 2 aromatic rings. The first-order chi connectivity index (χ1) is 9.00. The average molecular weight is 260 g/mol. The zero-order valence-electron chi connectivity index (χ0n) is 9.52. The quantitative estimate of drug-likeness (QED) is 0.674. The topological polar surface area (TPSA) is 107 Å². The monoisotopic (exact) mass is 260 g/mol. The molecule has 0 saturated heterocycles. The Labute approximate surface area is 107 Å². The fourth-order valence-corrected chi connectivity index (χ4v) is 1.76. The van der Waals surface area contributed by atoms with Crippen LogP contribution in [0.5, 0.6) is 5.75 Å². The molecule has 0 aliphatic heterocycles. The molecule has 19 heavy (non-hydrogen) atoms. The number of nitrogens with zero attached hydrogens (tertiary/aromatic N) is 2. The third kappa shape index (κ3) is 2.34. The second-order valence-electron chi connectivity index (χ2n) is 3.73. The van der Waals surface area contributed by atoms with E-state index in [1.54, 1.807) is 6.07 Å². The van der Waals surface area contributed by atoms with Gasteiger partial charge in [-0.1, -0.05) is 12.1 Å². The van der Waals surface area contributed by atoms with Crippen LogP contribution in [0.3, 0.4) is 0 Å². The molecule has 0 bridgehead atoms. The minimum atomic E-state index is -0.689. The van der Waals surface area contributed by atoms with Crippen LogP contribution in [0.15, 0.2) is 42.5 Å². The van der Waals surface area contributed by atoms with Gasteiger partial charge in [-0.2, -0.15) is 0 Å². The van der Waals surface area contributed by atoms with E-state index in [0.717, 1.165) is 6.07 Å². The molecule has 0 fully saturated rings. The summed E-state index contributed by atoms with van der Waals surface area (Å²) in [6.07, 6.45) is 0. The first-order valence-corrected chi connectivity index (χ1v) is 5.22. The number of aromatic hydroxyl groups is 1. The maximum absolute atomic E-state index is 11.0. The lowest BCUT2D eigenvalue weighted by atomic mass is 10.0. The molecule has 0 unspecified atom stereocenters. The maximum Gasteiger partial charge on any atom is 0.281 e. The standard InChI is InChI=1S/C12H8N2O5/c15-8-5-6-10(12(7-8)14(18)19)9-3-1-2-4-11(9)13(16)17/h1-7,15H. The summed E-state index contributed by atoms with van der Waals surface area (Å²) < 4.78 is 0. The molecule has 0 aliphatic carbocycles. The van der Waals surface area contributed by atoms with Crippen molar-refractivity contribution in [3.63, 3.8) is 0 Å². The largest absolute Gasteiger partial charge is 0.508 e. The van der Waals surface area contributed by atoms with Gasteiger partial charge in [-0.05, 0) is 18.2 Å². The van der Waals surface area contributed by atoms with Gasteiger partial charge < -0.3 is 5.11 Å². The van der Waals surface area contributed by atoms with Crippen molar-refractivity contribution in [2.45, 2.75) is 0 Å². The number of nitro benzene ring substituents is 2. The Morgan fingerprint density at radius 1 is 0.842 bits per heavy atom. The molecule has 0 atom stereocenters. The number of para-hydroxylation sites is 1. The Kier molecular flexibility index (Phi) is 3.11. The van der Waals surface area contributed by atoms with E-state index in [2.05, 4.69) is 0 Å². The smallest absolute Gasteiger partial charge is 0.281 e. The number of phenolic OH excluding ortho intramolecular Hbond substituents is 1. The van der Waals surface area contributed by atoms with E-state index in [1.807, 2.05) is 0 Å². The minimum Gasteiger partial charge on any atom is -0.508 e. The van der Waals surface area contributed by atoms with Gasteiger partial charge in [-0.15, -0.1) is 0 Å². The number of phenols is 1. The highest BCUT2D eigenvalue weighted by Crippen LogP contribution is 2.37. The highest BCUT2D eigenvalue weighted by atomic mass is 16.6. The van der Waals surface area contributed by atoms with Crippen LogP contribution in [0.1, 0.15) is 0 Å². The second kappa shape index (κ2) is 4.73. The summed E-state index contributed by atoms with van der Waals surface area (Å²) in [6.45, 7) is 0. The van der Waals surface area contributed by atoms with E-state index in [-0.39, 0.29) is 28.3 Å². The molecule has 0 spiro atoms. The van der Waals surface area contributed by atoms with E-state index in [4.69, 9.17) is 0 Å². The maximum atomic E-state index is 11.0. The van der Waals surface area contributed by atoms with Crippen LogP contribution in [0.2, 0.25) is 0 Å². The van der Waals surface area contributed by atoms with Gasteiger partial charge in [0.25, 0.3) is 11.4 Å². The van der Waals surface area contributed by atoms with E-state index in [1.165, 1.54) is 30.3 Å². The minimum absolute atomic E-state index is 0.0927. The van der Waals surface area contributed by atoms with Crippen LogP contribution >= 0.6 is 0 Å². The molecule has 0 heterocycles. The van der Waals surface area contributed by atoms with E-state index < -0.39 is 9.85 Å². The Bertz CT molecular complexity index is 669. The van der Waals surface area contributed by atoms with E-state index >= 15 is 0 Å². The van der Waals surface area contributed by atoms with Crippen LogP contribution in [0.4, 0.5) is 11.4 Å². The predicted octanol–water partition coefficient (Wildman–Crippen LogP) is 2.88. The molecule has 7 heteroatoms. The lowest BCUT2D eigenvalue weighted by Gasteiger charge is -2.04. The van der Waals surface area contributed by atoms with Gasteiger partial charge >= 0.3 is 0 Å². The van der Waals surface area contributed by atoms with Gasteiger partial charge in [0.15, 0.2) is 0 Å². The fourth-order valence-electron chi connectivity index (χ4n) is 1.76. The zero-order chi connectivity index (χ0) is 14.0. The van der Waals surface area contributed by atoms with Crippen molar-refractivity contribution in [3.05, 3.63) is 62.7 Å². The summed E-state index contributed by atoms with van der Waals surface area (Å²) in [5.41, 5.74) is -0.375. The molecule has 96 valence electrons. The fraction of sp³-hybridized carbons (Fsp3) is 0. The van der Waals surface area contributed by atoms with Crippen molar-refractivity contribution in [2.75, 3.05) is 0 Å². The van der Waals surface area contributed by atoms with Gasteiger partial charge in [-0.3, -0.25) is 20.2 Å². The molecular weight excluding hydrogens is 252 g/mol. The zero-order valence-corrected chi connectivity index (χ0v) is 9.52. The molecule has 2 rings (SSSR count). The van der Waals surface area contributed by atoms with E-state index in [9.17, 15) is 25.3 Å². The number of hydrogen-bond acceptors (Lipinski definition) is 5. The first-order valence-electron chi connectivity index (χ1n) is 5.22. The van der Waals surface area contributed by atoms with Crippen molar-refractivity contribution < 1.29 is 15.0 Å². The van der Waals surface area contributed by atoms with Gasteiger partial charge in [0.05, 0.1) is 27.0 Å². The van der Waals surface area contributed by atoms with Gasteiger partial charge in [0, 0.05) is 6.07 Å². The summed E-state index contributed by atoms with van der Waals surface area (Å²) in [5.74, 6) is -0.269. The third-order valence-electron chi connectivity index (χ3n) is 2.57. The summed E-state index contributed by atoms with van der Waals surface area (Å²) in [5, 5.41) is 31.2. The van der Waals surface area contributed by atoms with Crippen LogP contribution in [-0.4, -0.2) is 15.0 Å². The molecule has 0 saturated carbocycles. The third-order valence-corrected chi connectivity index (χ3v) is 2.57. The molecule has 0 radical (unpaired) electrons. The molecule has 0 aliphatic rings. The normalized spacial score (nSPS) is 10.1. The number of rotatable bonds is 3.